The highest BCUT2D eigenvalue weighted by Gasteiger charge is 2.32. The van der Waals surface area contributed by atoms with Gasteiger partial charge in [0.2, 0.25) is 5.91 Å². The van der Waals surface area contributed by atoms with Crippen LogP contribution in [-0.2, 0) is 9.53 Å². The van der Waals surface area contributed by atoms with Crippen LogP contribution in [0.4, 0.5) is 5.69 Å². The maximum Gasteiger partial charge on any atom is 0.230 e. The lowest BCUT2D eigenvalue weighted by Crippen LogP contribution is -2.46. The lowest BCUT2D eigenvalue weighted by Gasteiger charge is -2.35. The van der Waals surface area contributed by atoms with E-state index in [2.05, 4.69) is 6.92 Å². The van der Waals surface area contributed by atoms with Crippen LogP contribution in [0.1, 0.15) is 55.6 Å². The lowest BCUT2D eigenvalue weighted by molar-refractivity contribution is -0.123. The fourth-order valence-corrected chi connectivity index (χ4v) is 4.69. The second kappa shape index (κ2) is 9.99. The monoisotopic (exact) mass is 399 g/mol. The third kappa shape index (κ3) is 4.70. The van der Waals surface area contributed by atoms with Crippen molar-refractivity contribution in [2.75, 3.05) is 18.1 Å². The molecule has 0 radical (unpaired) electrons. The zero-order valence-corrected chi connectivity index (χ0v) is 17.5. The molecule has 2 heterocycles. The Morgan fingerprint density at radius 1 is 1.29 bits per heavy atom. The number of rotatable bonds is 8. The lowest BCUT2D eigenvalue weighted by atomic mass is 9.98. The second-order valence-electron chi connectivity index (χ2n) is 7.44. The Balaban J connectivity index is 1.98. The van der Waals surface area contributed by atoms with E-state index in [1.54, 1.807) is 0 Å². The van der Waals surface area contributed by atoms with Crippen LogP contribution < -0.4 is 4.90 Å². The molecule has 1 aliphatic heterocycles. The first-order valence-electron chi connectivity index (χ1n) is 10.2. The molecule has 1 saturated heterocycles. The number of thiophene rings is 1. The first-order chi connectivity index (χ1) is 13.7. The predicted octanol–water partition coefficient (Wildman–Crippen LogP) is 5.57. The highest BCUT2D eigenvalue weighted by molar-refractivity contribution is 7.17. The van der Waals surface area contributed by atoms with E-state index in [0.29, 0.717) is 18.1 Å². The second-order valence-corrected chi connectivity index (χ2v) is 8.52. The molecule has 0 saturated carbocycles. The molecular formula is C23H29NO3S. The van der Waals surface area contributed by atoms with E-state index in [0.717, 1.165) is 54.5 Å². The fraction of sp³-hybridized carbons (Fsp3) is 0.478. The van der Waals surface area contributed by atoms with Crippen LogP contribution in [0.2, 0.25) is 0 Å². The van der Waals surface area contributed by atoms with Gasteiger partial charge in [-0.3, -0.25) is 9.59 Å². The minimum absolute atomic E-state index is 0.0534. The molecule has 1 atom stereocenters. The molecule has 0 N–H and O–H groups in total. The van der Waals surface area contributed by atoms with Crippen molar-refractivity contribution in [2.45, 2.75) is 52.0 Å². The van der Waals surface area contributed by atoms with Crippen molar-refractivity contribution in [3.8, 4) is 10.4 Å². The molecule has 5 heteroatoms. The van der Waals surface area contributed by atoms with Gasteiger partial charge in [-0.05, 0) is 30.9 Å². The molecule has 2 aromatic rings. The molecule has 150 valence electrons. The van der Waals surface area contributed by atoms with Crippen LogP contribution in [0.5, 0.6) is 0 Å². The largest absolute Gasteiger partial charge is 0.381 e. The van der Waals surface area contributed by atoms with Gasteiger partial charge in [-0.2, -0.15) is 0 Å². The summed E-state index contributed by atoms with van der Waals surface area (Å²) < 4.78 is 5.52. The molecule has 1 aliphatic rings. The van der Waals surface area contributed by atoms with Crippen LogP contribution in [0, 0.1) is 5.92 Å². The van der Waals surface area contributed by atoms with Gasteiger partial charge in [0.1, 0.15) is 0 Å². The van der Waals surface area contributed by atoms with Crippen molar-refractivity contribution >= 4 is 29.2 Å². The van der Waals surface area contributed by atoms with Gasteiger partial charge in [0.05, 0.1) is 10.6 Å². The van der Waals surface area contributed by atoms with Gasteiger partial charge < -0.3 is 9.64 Å². The Morgan fingerprint density at radius 3 is 2.64 bits per heavy atom. The summed E-state index contributed by atoms with van der Waals surface area (Å²) in [5, 5.41) is 0. The minimum atomic E-state index is -0.0534. The molecule has 0 bridgehead atoms. The zero-order chi connectivity index (χ0) is 19.9. The quantitative estimate of drug-likeness (QED) is 0.546. The molecule has 1 aromatic carbocycles. The van der Waals surface area contributed by atoms with E-state index in [1.807, 2.05) is 48.2 Å². The molecule has 28 heavy (non-hydrogen) atoms. The maximum absolute atomic E-state index is 13.4. The van der Waals surface area contributed by atoms with E-state index in [4.69, 9.17) is 4.74 Å². The summed E-state index contributed by atoms with van der Waals surface area (Å²) in [5.41, 5.74) is 1.83. The number of aldehydes is 1. The normalized spacial score (nSPS) is 15.9. The summed E-state index contributed by atoms with van der Waals surface area (Å²) in [6.45, 7) is 5.46. The Labute approximate surface area is 171 Å². The highest BCUT2D eigenvalue weighted by atomic mass is 32.1. The van der Waals surface area contributed by atoms with Gasteiger partial charge in [-0.15, -0.1) is 11.3 Å². The summed E-state index contributed by atoms with van der Waals surface area (Å²) in [6, 6.07) is 12.1. The SMILES string of the molecule is CCCCC(C)C(=O)N(c1cc(-c2ccccc2)sc1C=O)C1CCOCC1. The molecule has 1 fully saturated rings. The first kappa shape index (κ1) is 20.7. The van der Waals surface area contributed by atoms with E-state index in [9.17, 15) is 9.59 Å². The van der Waals surface area contributed by atoms with Crippen molar-refractivity contribution < 1.29 is 14.3 Å². The number of nitrogens with zero attached hydrogens (tertiary/aromatic N) is 1. The van der Waals surface area contributed by atoms with Crippen LogP contribution in [0.25, 0.3) is 10.4 Å². The average Bonchev–Trinajstić information content (AvgIpc) is 3.17. The van der Waals surface area contributed by atoms with Gasteiger partial charge >= 0.3 is 0 Å². The fourth-order valence-electron chi connectivity index (χ4n) is 3.72. The molecule has 1 amide bonds. The van der Waals surface area contributed by atoms with Gasteiger partial charge in [0, 0.05) is 30.1 Å². The van der Waals surface area contributed by atoms with Crippen molar-refractivity contribution in [1.29, 1.82) is 0 Å². The number of hydrogen-bond acceptors (Lipinski definition) is 4. The van der Waals surface area contributed by atoms with Crippen molar-refractivity contribution in [2.24, 2.45) is 5.92 Å². The summed E-state index contributed by atoms with van der Waals surface area (Å²) in [6.07, 6.45) is 5.49. The van der Waals surface area contributed by atoms with Crippen LogP contribution in [-0.4, -0.2) is 31.4 Å². The molecule has 0 aliphatic carbocycles. The minimum Gasteiger partial charge on any atom is -0.381 e. The molecule has 1 aromatic heterocycles. The van der Waals surface area contributed by atoms with Gasteiger partial charge in [0.25, 0.3) is 0 Å². The third-order valence-electron chi connectivity index (χ3n) is 5.37. The van der Waals surface area contributed by atoms with E-state index < -0.39 is 0 Å². The Hall–Kier alpha value is -1.98. The zero-order valence-electron chi connectivity index (χ0n) is 16.7. The number of hydrogen-bond donors (Lipinski definition) is 0. The average molecular weight is 400 g/mol. The van der Waals surface area contributed by atoms with Gasteiger partial charge in [0.15, 0.2) is 6.29 Å². The summed E-state index contributed by atoms with van der Waals surface area (Å²) in [7, 11) is 0. The van der Waals surface area contributed by atoms with E-state index in [-0.39, 0.29) is 17.9 Å². The highest BCUT2D eigenvalue weighted by Crippen LogP contribution is 2.38. The summed E-state index contributed by atoms with van der Waals surface area (Å²) in [5.74, 6) is 0.0724. The first-order valence-corrected chi connectivity index (χ1v) is 11.0. The Kier molecular flexibility index (Phi) is 7.40. The number of anilines is 1. The smallest absolute Gasteiger partial charge is 0.230 e. The van der Waals surface area contributed by atoms with Gasteiger partial charge in [-0.25, -0.2) is 0 Å². The number of ether oxygens (including phenoxy) is 1. The van der Waals surface area contributed by atoms with E-state index in [1.165, 1.54) is 11.3 Å². The molecular weight excluding hydrogens is 370 g/mol. The Bertz CT molecular complexity index is 780. The summed E-state index contributed by atoms with van der Waals surface area (Å²) >= 11 is 1.46. The number of amides is 1. The third-order valence-corrected chi connectivity index (χ3v) is 6.47. The molecule has 0 spiro atoms. The van der Waals surface area contributed by atoms with Crippen LogP contribution in [0.3, 0.4) is 0 Å². The Morgan fingerprint density at radius 2 is 2.00 bits per heavy atom. The molecule has 4 nitrogen and oxygen atoms in total. The number of benzene rings is 1. The van der Waals surface area contributed by atoms with Gasteiger partial charge in [-0.1, -0.05) is 57.0 Å². The summed E-state index contributed by atoms with van der Waals surface area (Å²) in [4.78, 5) is 28.9. The van der Waals surface area contributed by atoms with Crippen LogP contribution in [0.15, 0.2) is 36.4 Å². The number of carbonyl (C=O) groups excluding carboxylic acids is 2. The van der Waals surface area contributed by atoms with Crippen LogP contribution >= 0.6 is 11.3 Å². The van der Waals surface area contributed by atoms with Crippen molar-refractivity contribution in [1.82, 2.24) is 0 Å². The topological polar surface area (TPSA) is 46.6 Å². The van der Waals surface area contributed by atoms with Crippen molar-refractivity contribution in [3.63, 3.8) is 0 Å². The van der Waals surface area contributed by atoms with E-state index >= 15 is 0 Å². The maximum atomic E-state index is 13.4. The number of unbranched alkanes of at least 4 members (excludes halogenated alkanes) is 1. The molecule has 3 rings (SSSR count). The predicted molar refractivity (Wildman–Crippen MR) is 115 cm³/mol. The number of carbonyl (C=O) groups is 2. The molecule has 1 unspecified atom stereocenters. The standard InChI is InChI=1S/C23H29NO3S/c1-3-4-8-17(2)23(26)24(19-11-13-27-14-12-19)20-15-21(28-22(20)16-25)18-9-6-5-7-10-18/h5-7,9-10,15-17,19H,3-4,8,11-14H2,1-2H3. The van der Waals surface area contributed by atoms with Crippen molar-refractivity contribution in [3.05, 3.63) is 41.3 Å².